The summed E-state index contributed by atoms with van der Waals surface area (Å²) in [4.78, 5) is 8.75. The molecule has 1 aromatic heterocycles. The number of nitrogens with zero attached hydrogens (tertiary/aromatic N) is 2. The number of ether oxygens (including phenoxy) is 1. The number of halogens is 1. The van der Waals surface area contributed by atoms with Gasteiger partial charge in [-0.25, -0.2) is 4.99 Å². The zero-order chi connectivity index (χ0) is 16.3. The number of aromatic nitrogens is 1. The van der Waals surface area contributed by atoms with Crippen molar-refractivity contribution in [1.29, 1.82) is 0 Å². The fraction of sp³-hybridized carbons (Fsp3) is 0.294. The van der Waals surface area contributed by atoms with Crippen molar-refractivity contribution in [3.8, 4) is 5.75 Å². The molecule has 5 nitrogen and oxygen atoms in total. The molecule has 0 unspecified atom stereocenters. The summed E-state index contributed by atoms with van der Waals surface area (Å²) in [6, 6.07) is 13.2. The summed E-state index contributed by atoms with van der Waals surface area (Å²) in [5.74, 6) is 1.42. The minimum absolute atomic E-state index is 0.498. The standard InChI is InChI=1S/C17H21ClN4O/c1-2-19-17(22-13-14-7-5-6-10-20-14)21-11-12-23-16-9-4-3-8-15(16)18/h3-10H,2,11-13H2,1H3,(H2,19,21,22). The third kappa shape index (κ3) is 6.16. The fourth-order valence-corrected chi connectivity index (χ4v) is 2.08. The zero-order valence-electron chi connectivity index (χ0n) is 13.1. The number of rotatable bonds is 7. The second-order valence-electron chi connectivity index (χ2n) is 4.72. The molecule has 1 aromatic carbocycles. The van der Waals surface area contributed by atoms with Gasteiger partial charge in [-0.2, -0.15) is 0 Å². The van der Waals surface area contributed by atoms with Gasteiger partial charge in [0.2, 0.25) is 0 Å². The number of para-hydroxylation sites is 1. The van der Waals surface area contributed by atoms with Crippen LogP contribution in [0.2, 0.25) is 5.02 Å². The molecule has 1 heterocycles. The molecule has 2 aromatic rings. The Morgan fingerprint density at radius 3 is 2.74 bits per heavy atom. The average molecular weight is 333 g/mol. The molecule has 0 aliphatic rings. The Kier molecular flexibility index (Phi) is 7.20. The van der Waals surface area contributed by atoms with Crippen LogP contribution in [0.3, 0.4) is 0 Å². The number of pyridine rings is 1. The summed E-state index contributed by atoms with van der Waals surface area (Å²) >= 11 is 6.04. The second kappa shape index (κ2) is 9.69. The van der Waals surface area contributed by atoms with E-state index in [9.17, 15) is 0 Å². The maximum Gasteiger partial charge on any atom is 0.191 e. The average Bonchev–Trinajstić information content (AvgIpc) is 2.59. The first kappa shape index (κ1) is 17.1. The van der Waals surface area contributed by atoms with Gasteiger partial charge in [-0.15, -0.1) is 0 Å². The van der Waals surface area contributed by atoms with Crippen LogP contribution in [0.4, 0.5) is 0 Å². The lowest BCUT2D eigenvalue weighted by atomic mass is 10.3. The third-order valence-electron chi connectivity index (χ3n) is 2.96. The maximum absolute atomic E-state index is 6.04. The fourth-order valence-electron chi connectivity index (χ4n) is 1.89. The Morgan fingerprint density at radius 2 is 2.00 bits per heavy atom. The van der Waals surface area contributed by atoms with Crippen LogP contribution in [-0.4, -0.2) is 30.6 Å². The van der Waals surface area contributed by atoms with E-state index in [-0.39, 0.29) is 0 Å². The Balaban J connectivity index is 1.79. The molecule has 0 fully saturated rings. The first-order valence-electron chi connectivity index (χ1n) is 7.59. The van der Waals surface area contributed by atoms with Crippen LogP contribution < -0.4 is 15.4 Å². The van der Waals surface area contributed by atoms with Gasteiger partial charge in [0, 0.05) is 12.7 Å². The summed E-state index contributed by atoms with van der Waals surface area (Å²) in [5, 5.41) is 7.03. The summed E-state index contributed by atoms with van der Waals surface area (Å²) in [6.45, 7) is 4.47. The summed E-state index contributed by atoms with van der Waals surface area (Å²) < 4.78 is 5.64. The van der Waals surface area contributed by atoms with Crippen molar-refractivity contribution in [2.24, 2.45) is 4.99 Å². The van der Waals surface area contributed by atoms with Crippen LogP contribution in [0.15, 0.2) is 53.7 Å². The quantitative estimate of drug-likeness (QED) is 0.465. The van der Waals surface area contributed by atoms with Gasteiger partial charge < -0.3 is 15.4 Å². The van der Waals surface area contributed by atoms with E-state index in [1.54, 1.807) is 6.20 Å². The molecule has 0 saturated carbocycles. The summed E-state index contributed by atoms with van der Waals surface area (Å²) in [5.41, 5.74) is 0.928. The predicted octanol–water partition coefficient (Wildman–Crippen LogP) is 2.87. The maximum atomic E-state index is 6.04. The lowest BCUT2D eigenvalue weighted by Crippen LogP contribution is -2.39. The van der Waals surface area contributed by atoms with E-state index in [0.29, 0.717) is 30.5 Å². The monoisotopic (exact) mass is 332 g/mol. The van der Waals surface area contributed by atoms with E-state index >= 15 is 0 Å². The third-order valence-corrected chi connectivity index (χ3v) is 3.27. The van der Waals surface area contributed by atoms with Crippen LogP contribution in [0.25, 0.3) is 0 Å². The van der Waals surface area contributed by atoms with Gasteiger partial charge in [0.15, 0.2) is 5.96 Å². The van der Waals surface area contributed by atoms with Crippen molar-refractivity contribution in [3.05, 3.63) is 59.4 Å². The highest BCUT2D eigenvalue weighted by Gasteiger charge is 2.01. The molecule has 6 heteroatoms. The van der Waals surface area contributed by atoms with E-state index in [2.05, 4.69) is 20.6 Å². The van der Waals surface area contributed by atoms with Crippen molar-refractivity contribution in [1.82, 2.24) is 15.6 Å². The molecule has 0 spiro atoms. The second-order valence-corrected chi connectivity index (χ2v) is 5.13. The van der Waals surface area contributed by atoms with E-state index in [4.69, 9.17) is 16.3 Å². The van der Waals surface area contributed by atoms with Crippen LogP contribution in [0.5, 0.6) is 5.75 Å². The number of benzene rings is 1. The van der Waals surface area contributed by atoms with Gasteiger partial charge in [-0.3, -0.25) is 4.98 Å². The van der Waals surface area contributed by atoms with Crippen molar-refractivity contribution >= 4 is 17.6 Å². The molecule has 0 amide bonds. The molecule has 0 aliphatic carbocycles. The minimum atomic E-state index is 0.498. The van der Waals surface area contributed by atoms with Crippen LogP contribution >= 0.6 is 11.6 Å². The van der Waals surface area contributed by atoms with E-state index in [1.807, 2.05) is 49.4 Å². The number of nitrogens with one attached hydrogen (secondary N) is 2. The van der Waals surface area contributed by atoms with Gasteiger partial charge in [0.25, 0.3) is 0 Å². The van der Waals surface area contributed by atoms with Crippen LogP contribution in [0, 0.1) is 0 Å². The van der Waals surface area contributed by atoms with Gasteiger partial charge in [0.05, 0.1) is 23.8 Å². The van der Waals surface area contributed by atoms with Gasteiger partial charge in [-0.1, -0.05) is 29.8 Å². The molecule has 0 saturated heterocycles. The normalized spacial score (nSPS) is 11.1. The minimum Gasteiger partial charge on any atom is -0.490 e. The Hall–Kier alpha value is -2.27. The molecule has 0 atom stereocenters. The SMILES string of the molecule is CCNC(=NCc1ccccn1)NCCOc1ccccc1Cl. The molecule has 122 valence electrons. The Morgan fingerprint density at radius 1 is 1.17 bits per heavy atom. The van der Waals surface area contributed by atoms with Gasteiger partial charge in [-0.05, 0) is 31.2 Å². The van der Waals surface area contributed by atoms with Gasteiger partial charge >= 0.3 is 0 Å². The summed E-state index contributed by atoms with van der Waals surface area (Å²) in [6.07, 6.45) is 1.77. The van der Waals surface area contributed by atoms with Crippen molar-refractivity contribution in [2.75, 3.05) is 19.7 Å². The lowest BCUT2D eigenvalue weighted by Gasteiger charge is -2.12. The molecule has 23 heavy (non-hydrogen) atoms. The lowest BCUT2D eigenvalue weighted by molar-refractivity contribution is 0.322. The highest BCUT2D eigenvalue weighted by Crippen LogP contribution is 2.22. The molecule has 2 rings (SSSR count). The molecular weight excluding hydrogens is 312 g/mol. The van der Waals surface area contributed by atoms with E-state index < -0.39 is 0 Å². The first-order valence-corrected chi connectivity index (χ1v) is 7.97. The highest BCUT2D eigenvalue weighted by atomic mass is 35.5. The number of aliphatic imine (C=N–C) groups is 1. The molecule has 0 bridgehead atoms. The summed E-state index contributed by atoms with van der Waals surface area (Å²) in [7, 11) is 0. The number of hydrogen-bond donors (Lipinski definition) is 2. The number of guanidine groups is 1. The molecular formula is C17H21ClN4O. The Labute approximate surface area is 141 Å². The van der Waals surface area contributed by atoms with Gasteiger partial charge in [0.1, 0.15) is 12.4 Å². The molecule has 2 N–H and O–H groups in total. The predicted molar refractivity (Wildman–Crippen MR) is 94.0 cm³/mol. The van der Waals surface area contributed by atoms with Crippen molar-refractivity contribution < 1.29 is 4.74 Å². The first-order chi connectivity index (χ1) is 11.3. The highest BCUT2D eigenvalue weighted by molar-refractivity contribution is 6.32. The van der Waals surface area contributed by atoms with Crippen molar-refractivity contribution in [2.45, 2.75) is 13.5 Å². The van der Waals surface area contributed by atoms with Crippen LogP contribution in [0.1, 0.15) is 12.6 Å². The molecule has 0 radical (unpaired) electrons. The van der Waals surface area contributed by atoms with Crippen LogP contribution in [-0.2, 0) is 6.54 Å². The molecule has 0 aliphatic heterocycles. The zero-order valence-corrected chi connectivity index (χ0v) is 13.9. The van der Waals surface area contributed by atoms with E-state index in [0.717, 1.165) is 18.2 Å². The Bertz CT molecular complexity index is 619. The topological polar surface area (TPSA) is 58.5 Å². The smallest absolute Gasteiger partial charge is 0.191 e. The van der Waals surface area contributed by atoms with Crippen molar-refractivity contribution in [3.63, 3.8) is 0 Å². The van der Waals surface area contributed by atoms with E-state index in [1.165, 1.54) is 0 Å². The largest absolute Gasteiger partial charge is 0.490 e. The number of hydrogen-bond acceptors (Lipinski definition) is 3.